The third kappa shape index (κ3) is 4.94. The van der Waals surface area contributed by atoms with Crippen molar-refractivity contribution in [1.29, 1.82) is 0 Å². The number of hydrogen-bond acceptors (Lipinski definition) is 6. The van der Waals surface area contributed by atoms with Crippen molar-refractivity contribution in [1.82, 2.24) is 4.98 Å². The number of pyridine rings is 1. The van der Waals surface area contributed by atoms with Crippen LogP contribution in [0.3, 0.4) is 0 Å². The van der Waals surface area contributed by atoms with Gasteiger partial charge in [0.15, 0.2) is 0 Å². The van der Waals surface area contributed by atoms with E-state index in [1.54, 1.807) is 24.3 Å². The summed E-state index contributed by atoms with van der Waals surface area (Å²) in [5, 5.41) is 11.1. The smallest absolute Gasteiger partial charge is 0.269 e. The summed E-state index contributed by atoms with van der Waals surface area (Å²) < 4.78 is 5.45. The summed E-state index contributed by atoms with van der Waals surface area (Å²) in [6.45, 7) is 3.16. The lowest BCUT2D eigenvalue weighted by molar-refractivity contribution is -0.384. The predicted molar refractivity (Wildman–Crippen MR) is 139 cm³/mol. The van der Waals surface area contributed by atoms with Gasteiger partial charge in [0.2, 0.25) is 5.91 Å². The van der Waals surface area contributed by atoms with Crippen molar-refractivity contribution in [3.05, 3.63) is 101 Å². The molecule has 0 atom stereocenters. The van der Waals surface area contributed by atoms with Gasteiger partial charge in [-0.15, -0.1) is 0 Å². The third-order valence-corrected chi connectivity index (χ3v) is 6.24. The summed E-state index contributed by atoms with van der Waals surface area (Å²) in [5.74, 6) is -0.483. The number of primary amides is 1. The van der Waals surface area contributed by atoms with Crippen LogP contribution in [0.5, 0.6) is 0 Å². The molecule has 4 aromatic rings. The average molecular weight is 481 g/mol. The molecule has 1 saturated heterocycles. The summed E-state index contributed by atoms with van der Waals surface area (Å²) in [5.41, 5.74) is 12.0. The van der Waals surface area contributed by atoms with Gasteiger partial charge in [-0.05, 0) is 59.7 Å². The molecular formula is C28H24N4O4. The number of nitro benzene ring substituents is 1. The van der Waals surface area contributed by atoms with Crippen molar-refractivity contribution in [2.45, 2.75) is 0 Å². The summed E-state index contributed by atoms with van der Waals surface area (Å²) in [4.78, 5) is 29.3. The number of amides is 1. The fraction of sp³-hybridized carbons (Fsp3) is 0.143. The molecule has 3 aromatic carbocycles. The number of benzene rings is 3. The van der Waals surface area contributed by atoms with E-state index in [4.69, 9.17) is 15.5 Å². The lowest BCUT2D eigenvalue weighted by atomic mass is 9.99. The monoisotopic (exact) mass is 480 g/mol. The van der Waals surface area contributed by atoms with Gasteiger partial charge in [0.1, 0.15) is 0 Å². The molecule has 1 aliphatic heterocycles. The highest BCUT2D eigenvalue weighted by atomic mass is 16.6. The highest BCUT2D eigenvalue weighted by Gasteiger charge is 2.14. The molecule has 2 N–H and O–H groups in total. The van der Waals surface area contributed by atoms with Crippen LogP contribution in [-0.2, 0) is 4.74 Å². The number of hydrogen-bond donors (Lipinski definition) is 1. The first-order chi connectivity index (χ1) is 17.5. The van der Waals surface area contributed by atoms with Gasteiger partial charge in [0.25, 0.3) is 5.69 Å². The Morgan fingerprint density at radius 3 is 1.86 bits per heavy atom. The molecule has 5 rings (SSSR count). The van der Waals surface area contributed by atoms with Gasteiger partial charge >= 0.3 is 0 Å². The van der Waals surface area contributed by atoms with Crippen LogP contribution in [0.2, 0.25) is 0 Å². The first-order valence-electron chi connectivity index (χ1n) is 11.6. The third-order valence-electron chi connectivity index (χ3n) is 6.24. The lowest BCUT2D eigenvalue weighted by Gasteiger charge is -2.28. The minimum absolute atomic E-state index is 0.0240. The van der Waals surface area contributed by atoms with Crippen molar-refractivity contribution >= 4 is 17.3 Å². The molecule has 0 spiro atoms. The van der Waals surface area contributed by atoms with Crippen molar-refractivity contribution in [2.75, 3.05) is 31.2 Å². The first-order valence-corrected chi connectivity index (χ1v) is 11.6. The van der Waals surface area contributed by atoms with Crippen LogP contribution in [-0.4, -0.2) is 42.1 Å². The Kier molecular flexibility index (Phi) is 6.42. The van der Waals surface area contributed by atoms with Crippen molar-refractivity contribution < 1.29 is 14.5 Å². The Bertz CT molecular complexity index is 1320. The predicted octanol–water partition coefficient (Wildman–Crippen LogP) is 4.93. The SMILES string of the molecule is NC(=O)c1ccc(-c2cc(-c3ccc(N4CCOCC4)cc3)nc(-c3ccc([N+](=O)[O-])cc3)c2)cc1. The normalized spacial score (nSPS) is 13.4. The van der Waals surface area contributed by atoms with Crippen molar-refractivity contribution in [2.24, 2.45) is 5.73 Å². The van der Waals surface area contributed by atoms with Crippen LogP contribution in [0, 0.1) is 10.1 Å². The Labute approximate surface area is 208 Å². The molecule has 1 fully saturated rings. The molecule has 0 unspecified atom stereocenters. The molecule has 0 bridgehead atoms. The van der Waals surface area contributed by atoms with Gasteiger partial charge in [0.05, 0.1) is 29.5 Å². The second-order valence-electron chi connectivity index (χ2n) is 8.52. The number of non-ortho nitro benzene ring substituents is 1. The zero-order valence-electron chi connectivity index (χ0n) is 19.5. The Morgan fingerprint density at radius 1 is 0.806 bits per heavy atom. The largest absolute Gasteiger partial charge is 0.378 e. The van der Waals surface area contributed by atoms with Gasteiger partial charge in [-0.2, -0.15) is 0 Å². The van der Waals surface area contributed by atoms with Gasteiger partial charge in [-0.3, -0.25) is 14.9 Å². The molecule has 180 valence electrons. The van der Waals surface area contributed by atoms with E-state index >= 15 is 0 Å². The van der Waals surface area contributed by atoms with Gasteiger partial charge < -0.3 is 15.4 Å². The van der Waals surface area contributed by atoms with Crippen LogP contribution in [0.1, 0.15) is 10.4 Å². The number of nitrogens with zero attached hydrogens (tertiary/aromatic N) is 3. The number of anilines is 1. The van der Waals surface area contributed by atoms with E-state index < -0.39 is 10.8 Å². The molecule has 1 aromatic heterocycles. The summed E-state index contributed by atoms with van der Waals surface area (Å²) >= 11 is 0. The van der Waals surface area contributed by atoms with Crippen LogP contribution in [0.25, 0.3) is 33.6 Å². The molecule has 1 aliphatic rings. The number of nitro groups is 1. The molecular weight excluding hydrogens is 456 g/mol. The quantitative estimate of drug-likeness (QED) is 0.309. The zero-order chi connectivity index (χ0) is 25.1. The zero-order valence-corrected chi connectivity index (χ0v) is 19.5. The number of ether oxygens (including phenoxy) is 1. The molecule has 0 aliphatic carbocycles. The van der Waals surface area contributed by atoms with E-state index in [2.05, 4.69) is 17.0 Å². The van der Waals surface area contributed by atoms with E-state index in [0.717, 1.165) is 59.9 Å². The second-order valence-corrected chi connectivity index (χ2v) is 8.52. The number of carbonyl (C=O) groups excluding carboxylic acids is 1. The lowest BCUT2D eigenvalue weighted by Crippen LogP contribution is -2.36. The molecule has 8 heteroatoms. The molecule has 2 heterocycles. The average Bonchev–Trinajstić information content (AvgIpc) is 2.93. The Balaban J connectivity index is 1.55. The van der Waals surface area contributed by atoms with E-state index in [0.29, 0.717) is 11.3 Å². The molecule has 0 saturated carbocycles. The van der Waals surface area contributed by atoms with Crippen LogP contribution < -0.4 is 10.6 Å². The molecule has 0 radical (unpaired) electrons. The van der Waals surface area contributed by atoms with Gasteiger partial charge in [-0.1, -0.05) is 24.3 Å². The minimum atomic E-state index is -0.483. The molecule has 8 nitrogen and oxygen atoms in total. The van der Waals surface area contributed by atoms with E-state index in [1.807, 2.05) is 36.4 Å². The van der Waals surface area contributed by atoms with Crippen molar-refractivity contribution in [3.8, 4) is 33.6 Å². The second kappa shape index (κ2) is 9.97. The standard InChI is InChI=1S/C28H24N4O4/c29-28(33)22-3-1-19(2-4-22)23-17-26(20-5-9-24(10-6-20)31-13-15-36-16-14-31)30-27(18-23)21-7-11-25(12-8-21)32(34)35/h1-12,17-18H,13-16H2,(H2,29,33). The maximum absolute atomic E-state index is 11.5. The van der Waals surface area contributed by atoms with Crippen LogP contribution in [0.15, 0.2) is 84.9 Å². The number of aromatic nitrogens is 1. The minimum Gasteiger partial charge on any atom is -0.378 e. The molecule has 1 amide bonds. The van der Waals surface area contributed by atoms with Crippen LogP contribution >= 0.6 is 0 Å². The number of nitrogens with two attached hydrogens (primary N) is 1. The summed E-state index contributed by atoms with van der Waals surface area (Å²) in [6, 6.07) is 25.6. The maximum atomic E-state index is 11.5. The fourth-order valence-electron chi connectivity index (χ4n) is 4.24. The summed E-state index contributed by atoms with van der Waals surface area (Å²) in [6.07, 6.45) is 0. The first kappa shape index (κ1) is 23.2. The Hall–Kier alpha value is -4.56. The topological polar surface area (TPSA) is 112 Å². The van der Waals surface area contributed by atoms with Crippen molar-refractivity contribution in [3.63, 3.8) is 0 Å². The van der Waals surface area contributed by atoms with Crippen LogP contribution in [0.4, 0.5) is 11.4 Å². The van der Waals surface area contributed by atoms with E-state index in [9.17, 15) is 14.9 Å². The highest BCUT2D eigenvalue weighted by Crippen LogP contribution is 2.32. The van der Waals surface area contributed by atoms with Gasteiger partial charge in [-0.25, -0.2) is 4.98 Å². The number of carbonyl (C=O) groups is 1. The number of rotatable bonds is 6. The molecule has 36 heavy (non-hydrogen) atoms. The maximum Gasteiger partial charge on any atom is 0.269 e. The number of morpholine rings is 1. The Morgan fingerprint density at radius 2 is 1.33 bits per heavy atom. The van der Waals surface area contributed by atoms with Gasteiger partial charge in [0, 0.05) is 47.6 Å². The summed E-state index contributed by atoms with van der Waals surface area (Å²) in [7, 11) is 0. The fourth-order valence-corrected chi connectivity index (χ4v) is 4.24. The van der Waals surface area contributed by atoms with E-state index in [-0.39, 0.29) is 5.69 Å². The highest BCUT2D eigenvalue weighted by molar-refractivity contribution is 5.93. The van der Waals surface area contributed by atoms with E-state index in [1.165, 1.54) is 12.1 Å².